The van der Waals surface area contributed by atoms with E-state index in [0.717, 1.165) is 85.2 Å². The van der Waals surface area contributed by atoms with Crippen LogP contribution in [0.3, 0.4) is 0 Å². The number of nitrogens with zero attached hydrogens (tertiary/aromatic N) is 2. The zero-order valence-corrected chi connectivity index (χ0v) is 31.0. The largest absolute Gasteiger partial charge is 0.465 e. The lowest BCUT2D eigenvalue weighted by atomic mass is 9.94. The number of hydrogen-bond donors (Lipinski definition) is 1. The normalized spacial score (nSPS) is 13.0. The highest BCUT2D eigenvalue weighted by Gasteiger charge is 2.29. The van der Waals surface area contributed by atoms with Gasteiger partial charge in [0, 0.05) is 35.8 Å². The van der Waals surface area contributed by atoms with Crippen molar-refractivity contribution >= 4 is 29.1 Å². The molecule has 1 aliphatic rings. The number of hydrogen-bond acceptors (Lipinski definition) is 6. The molecule has 0 unspecified atom stereocenters. The summed E-state index contributed by atoms with van der Waals surface area (Å²) in [5.74, 6) is 0.241. The van der Waals surface area contributed by atoms with E-state index in [4.69, 9.17) is 4.74 Å². The van der Waals surface area contributed by atoms with Gasteiger partial charge in [0.25, 0.3) is 5.91 Å². The molecule has 0 fully saturated rings. The predicted octanol–water partition coefficient (Wildman–Crippen LogP) is 8.71. The van der Waals surface area contributed by atoms with E-state index in [9.17, 15) is 14.4 Å². The number of nitrogens with one attached hydrogen (secondary N) is 1. The van der Waals surface area contributed by atoms with Crippen LogP contribution in [0.15, 0.2) is 0 Å². The number of amides is 2. The summed E-state index contributed by atoms with van der Waals surface area (Å²) in [6, 6.07) is 0. The highest BCUT2D eigenvalue weighted by Crippen LogP contribution is 2.34. The lowest BCUT2D eigenvalue weighted by molar-refractivity contribution is -0.149. The van der Waals surface area contributed by atoms with Gasteiger partial charge in [-0.25, -0.2) is 0 Å². The summed E-state index contributed by atoms with van der Waals surface area (Å²) in [4.78, 5) is 45.4. The molecule has 2 rings (SSSR count). The predicted molar refractivity (Wildman–Crippen MR) is 193 cm³/mol. The molecule has 0 aromatic carbocycles. The van der Waals surface area contributed by atoms with Gasteiger partial charge in [-0.2, -0.15) is 0 Å². The summed E-state index contributed by atoms with van der Waals surface area (Å²) in [6.45, 7) is 9.75. The van der Waals surface area contributed by atoms with E-state index in [1.807, 2.05) is 19.0 Å². The van der Waals surface area contributed by atoms with Gasteiger partial charge >= 0.3 is 5.97 Å². The van der Waals surface area contributed by atoms with Crippen molar-refractivity contribution in [1.82, 2.24) is 15.1 Å². The van der Waals surface area contributed by atoms with Gasteiger partial charge in [0.2, 0.25) is 5.91 Å². The summed E-state index contributed by atoms with van der Waals surface area (Å²) < 4.78 is 5.77. The topological polar surface area (TPSA) is 79.0 Å². The molecule has 0 aliphatic carbocycles. The highest BCUT2D eigenvalue weighted by molar-refractivity contribution is 7.12. The summed E-state index contributed by atoms with van der Waals surface area (Å²) in [5.41, 5.74) is 1.99. The second kappa shape index (κ2) is 24.2. The molecule has 0 atom stereocenters. The van der Waals surface area contributed by atoms with Crippen molar-refractivity contribution in [2.45, 2.75) is 156 Å². The molecule has 7 nitrogen and oxygen atoms in total. The molecule has 1 aliphatic heterocycles. The molecule has 1 aromatic heterocycles. The summed E-state index contributed by atoms with van der Waals surface area (Å²) in [5, 5.41) is 3.08. The van der Waals surface area contributed by atoms with E-state index >= 15 is 0 Å². The number of ether oxygens (including phenoxy) is 1. The molecule has 0 bridgehead atoms. The minimum Gasteiger partial charge on any atom is -0.465 e. The van der Waals surface area contributed by atoms with E-state index in [0.29, 0.717) is 32.7 Å². The van der Waals surface area contributed by atoms with Crippen LogP contribution in [0, 0.1) is 5.92 Å². The molecule has 1 aromatic rings. The van der Waals surface area contributed by atoms with Crippen LogP contribution in [0.5, 0.6) is 0 Å². The smallest absolute Gasteiger partial charge is 0.308 e. The number of rotatable bonds is 26. The first-order chi connectivity index (χ1) is 22.3. The van der Waals surface area contributed by atoms with Crippen LogP contribution in [-0.4, -0.2) is 67.9 Å². The number of likely N-dealkylation sites (N-methyl/N-ethyl adjacent to an activating group) is 1. The Balaban J connectivity index is 1.72. The van der Waals surface area contributed by atoms with Crippen LogP contribution in [0.4, 0.5) is 0 Å². The number of unbranched alkanes of at least 4 members (excludes halogenated alkanes) is 12. The minimum absolute atomic E-state index is 0.00420. The van der Waals surface area contributed by atoms with Crippen molar-refractivity contribution in [3.63, 3.8) is 0 Å². The Morgan fingerprint density at radius 1 is 0.848 bits per heavy atom. The van der Waals surface area contributed by atoms with Crippen LogP contribution in [0.25, 0.3) is 0 Å². The van der Waals surface area contributed by atoms with E-state index in [-0.39, 0.29) is 23.7 Å². The quantitative estimate of drug-likeness (QED) is 0.0794. The Labute approximate surface area is 285 Å². The molecule has 264 valence electrons. The molecule has 2 heterocycles. The Kier molecular flexibility index (Phi) is 21.2. The molecule has 0 saturated heterocycles. The average Bonchev–Trinajstić information content (AvgIpc) is 3.42. The summed E-state index contributed by atoms with van der Waals surface area (Å²) in [6.07, 6.45) is 21.4. The third-order valence-electron chi connectivity index (χ3n) is 9.30. The molecule has 0 saturated carbocycles. The maximum atomic E-state index is 13.1. The van der Waals surface area contributed by atoms with Crippen LogP contribution in [-0.2, 0) is 33.7 Å². The van der Waals surface area contributed by atoms with Gasteiger partial charge in [0.15, 0.2) is 0 Å². The Morgan fingerprint density at radius 3 is 2.07 bits per heavy atom. The van der Waals surface area contributed by atoms with Crippen LogP contribution < -0.4 is 5.32 Å². The van der Waals surface area contributed by atoms with Gasteiger partial charge in [-0.3, -0.25) is 14.4 Å². The number of aryl methyl sites for hydroxylation is 1. The van der Waals surface area contributed by atoms with Gasteiger partial charge < -0.3 is 19.9 Å². The van der Waals surface area contributed by atoms with Crippen LogP contribution in [0.1, 0.15) is 162 Å². The van der Waals surface area contributed by atoms with Gasteiger partial charge in [0.1, 0.15) is 0 Å². The van der Waals surface area contributed by atoms with Crippen LogP contribution in [0.2, 0.25) is 0 Å². The summed E-state index contributed by atoms with van der Waals surface area (Å²) >= 11 is 1.70. The lowest BCUT2D eigenvalue weighted by Crippen LogP contribution is -2.36. The molecule has 0 radical (unpaired) electrons. The Morgan fingerprint density at radius 2 is 1.46 bits per heavy atom. The standard InChI is InChI=1S/C38H67N3O4S/c1-6-9-11-13-15-18-22-31(23-19-16-14-12-10-7-2)38(44)45-29-21-17-20-24-35(42)41-27-25-32-34(30-41)46-33(8-3)36(32)37(43)39-26-28-40(4)5/h31H,6-30H2,1-5H3,(H,39,43). The van der Waals surface area contributed by atoms with Crippen molar-refractivity contribution < 1.29 is 19.1 Å². The molecular formula is C38H67N3O4S. The van der Waals surface area contributed by atoms with Gasteiger partial charge in [-0.05, 0) is 64.6 Å². The van der Waals surface area contributed by atoms with Gasteiger partial charge in [0.05, 0.1) is 24.6 Å². The van der Waals surface area contributed by atoms with Crippen LogP contribution >= 0.6 is 11.3 Å². The summed E-state index contributed by atoms with van der Waals surface area (Å²) in [7, 11) is 4.00. The monoisotopic (exact) mass is 661 g/mol. The number of thiophene rings is 1. The third-order valence-corrected chi connectivity index (χ3v) is 10.7. The molecular weight excluding hydrogens is 595 g/mol. The second-order valence-electron chi connectivity index (χ2n) is 13.6. The molecule has 2 amide bonds. The van der Waals surface area contributed by atoms with E-state index < -0.39 is 0 Å². The fourth-order valence-corrected chi connectivity index (χ4v) is 7.70. The zero-order chi connectivity index (χ0) is 33.6. The van der Waals surface area contributed by atoms with E-state index in [2.05, 4.69) is 31.0 Å². The maximum absolute atomic E-state index is 13.1. The Bertz CT molecular complexity index is 992. The van der Waals surface area contributed by atoms with Crippen molar-refractivity contribution in [2.75, 3.05) is 40.3 Å². The molecule has 8 heteroatoms. The fourth-order valence-electron chi connectivity index (χ4n) is 6.39. The number of carbonyl (C=O) groups is 3. The minimum atomic E-state index is -0.00420. The Hall–Kier alpha value is -1.93. The van der Waals surface area contributed by atoms with E-state index in [1.54, 1.807) is 11.3 Å². The zero-order valence-electron chi connectivity index (χ0n) is 30.2. The number of carbonyl (C=O) groups excluding carboxylic acids is 3. The molecule has 46 heavy (non-hydrogen) atoms. The number of esters is 1. The number of fused-ring (bicyclic) bond motifs is 1. The molecule has 1 N–H and O–H groups in total. The van der Waals surface area contributed by atoms with Gasteiger partial charge in [-0.1, -0.05) is 97.8 Å². The van der Waals surface area contributed by atoms with E-state index in [1.165, 1.54) is 64.2 Å². The highest BCUT2D eigenvalue weighted by atomic mass is 32.1. The molecule has 0 spiro atoms. The van der Waals surface area contributed by atoms with Crippen molar-refractivity contribution in [2.24, 2.45) is 5.92 Å². The second-order valence-corrected chi connectivity index (χ2v) is 14.8. The van der Waals surface area contributed by atoms with Gasteiger partial charge in [-0.15, -0.1) is 11.3 Å². The fraction of sp³-hybridized carbons (Fsp3) is 0.816. The SMILES string of the molecule is CCCCCCCCC(CCCCCCCC)C(=O)OCCCCCC(=O)N1CCc2c(sc(CC)c2C(=O)NCCN(C)C)C1. The first kappa shape index (κ1) is 40.2. The first-order valence-electron chi connectivity index (χ1n) is 18.8. The van der Waals surface area contributed by atoms with Crippen molar-refractivity contribution in [1.29, 1.82) is 0 Å². The first-order valence-corrected chi connectivity index (χ1v) is 19.6. The van der Waals surface area contributed by atoms with Crippen molar-refractivity contribution in [3.8, 4) is 0 Å². The average molecular weight is 662 g/mol. The maximum Gasteiger partial charge on any atom is 0.308 e. The third kappa shape index (κ3) is 15.3. The lowest BCUT2D eigenvalue weighted by Gasteiger charge is -2.27. The van der Waals surface area contributed by atoms with Crippen molar-refractivity contribution in [3.05, 3.63) is 20.9 Å².